The maximum Gasteiger partial charge on any atom is 0.273 e. The van der Waals surface area contributed by atoms with Gasteiger partial charge in [0.15, 0.2) is 0 Å². The first kappa shape index (κ1) is 18.0. The van der Waals surface area contributed by atoms with Gasteiger partial charge in [-0.2, -0.15) is 0 Å². The molecule has 0 radical (unpaired) electrons. The number of hydrogen-bond donors (Lipinski definition) is 1. The fourth-order valence-corrected chi connectivity index (χ4v) is 4.22. The third kappa shape index (κ3) is 3.83. The van der Waals surface area contributed by atoms with E-state index in [0.29, 0.717) is 5.69 Å². The summed E-state index contributed by atoms with van der Waals surface area (Å²) in [5.41, 5.74) is 3.08. The van der Waals surface area contributed by atoms with Crippen LogP contribution in [0.1, 0.15) is 46.9 Å². The highest BCUT2D eigenvalue weighted by Gasteiger charge is 2.30. The number of anilines is 1. The molecule has 0 spiro atoms. The van der Waals surface area contributed by atoms with Gasteiger partial charge in [-0.15, -0.1) is 0 Å². The van der Waals surface area contributed by atoms with Crippen molar-refractivity contribution in [3.05, 3.63) is 59.3 Å². The summed E-state index contributed by atoms with van der Waals surface area (Å²) in [5, 5.41) is 3.36. The van der Waals surface area contributed by atoms with Crippen LogP contribution in [-0.4, -0.2) is 48.5 Å². The van der Waals surface area contributed by atoms with Crippen LogP contribution in [0.15, 0.2) is 42.5 Å². The van der Waals surface area contributed by atoms with Crippen molar-refractivity contribution in [1.82, 2.24) is 15.2 Å². The SMILES string of the molecule is Cc1ccccc1C1CCCCN1C(=O)c1cccc(N2CCNCC2)n1. The molecule has 3 heterocycles. The molecule has 2 aliphatic heterocycles. The lowest BCUT2D eigenvalue weighted by molar-refractivity contribution is 0.0605. The summed E-state index contributed by atoms with van der Waals surface area (Å²) in [4.78, 5) is 22.4. The van der Waals surface area contributed by atoms with Crippen molar-refractivity contribution in [3.63, 3.8) is 0 Å². The zero-order valence-corrected chi connectivity index (χ0v) is 16.0. The minimum absolute atomic E-state index is 0.0555. The first-order chi connectivity index (χ1) is 13.2. The number of amides is 1. The van der Waals surface area contributed by atoms with E-state index >= 15 is 0 Å². The molecule has 27 heavy (non-hydrogen) atoms. The molecule has 2 fully saturated rings. The van der Waals surface area contributed by atoms with Crippen molar-refractivity contribution < 1.29 is 4.79 Å². The molecule has 1 atom stereocenters. The quantitative estimate of drug-likeness (QED) is 0.909. The summed E-state index contributed by atoms with van der Waals surface area (Å²) in [6.07, 6.45) is 3.25. The summed E-state index contributed by atoms with van der Waals surface area (Å²) < 4.78 is 0. The number of carbonyl (C=O) groups excluding carboxylic acids is 1. The minimum Gasteiger partial charge on any atom is -0.354 e. The van der Waals surface area contributed by atoms with Gasteiger partial charge in [-0.25, -0.2) is 4.98 Å². The lowest BCUT2D eigenvalue weighted by Gasteiger charge is -2.37. The normalized spacial score (nSPS) is 20.6. The molecule has 5 nitrogen and oxygen atoms in total. The van der Waals surface area contributed by atoms with Crippen LogP contribution in [0.5, 0.6) is 0 Å². The molecule has 1 aromatic carbocycles. The average Bonchev–Trinajstić information content (AvgIpc) is 2.74. The summed E-state index contributed by atoms with van der Waals surface area (Å²) in [6, 6.07) is 14.4. The molecule has 2 aliphatic rings. The van der Waals surface area contributed by atoms with Crippen LogP contribution in [0.2, 0.25) is 0 Å². The Morgan fingerprint density at radius 1 is 1.04 bits per heavy atom. The van der Waals surface area contributed by atoms with Gasteiger partial charge >= 0.3 is 0 Å². The molecule has 142 valence electrons. The van der Waals surface area contributed by atoms with E-state index in [1.165, 1.54) is 11.1 Å². The van der Waals surface area contributed by atoms with Crippen molar-refractivity contribution in [3.8, 4) is 0 Å². The smallest absolute Gasteiger partial charge is 0.273 e. The number of pyridine rings is 1. The van der Waals surface area contributed by atoms with E-state index in [1.54, 1.807) is 0 Å². The second-order valence-corrected chi connectivity index (χ2v) is 7.48. The van der Waals surface area contributed by atoms with E-state index in [9.17, 15) is 4.79 Å². The van der Waals surface area contributed by atoms with Crippen molar-refractivity contribution >= 4 is 11.7 Å². The molecule has 1 aromatic heterocycles. The molecule has 2 saturated heterocycles. The largest absolute Gasteiger partial charge is 0.354 e. The summed E-state index contributed by atoms with van der Waals surface area (Å²) in [6.45, 7) is 6.72. The Hall–Kier alpha value is -2.40. The molecular formula is C22H28N4O. The van der Waals surface area contributed by atoms with Gasteiger partial charge in [0.1, 0.15) is 11.5 Å². The predicted molar refractivity (Wildman–Crippen MR) is 108 cm³/mol. The van der Waals surface area contributed by atoms with Gasteiger partial charge in [0.2, 0.25) is 0 Å². The maximum atomic E-state index is 13.4. The Labute approximate surface area is 161 Å². The molecule has 1 amide bonds. The van der Waals surface area contributed by atoms with Gasteiger partial charge in [-0.05, 0) is 49.4 Å². The van der Waals surface area contributed by atoms with Crippen molar-refractivity contribution in [1.29, 1.82) is 0 Å². The molecule has 0 aliphatic carbocycles. The number of likely N-dealkylation sites (tertiary alicyclic amines) is 1. The highest BCUT2D eigenvalue weighted by Crippen LogP contribution is 2.33. The van der Waals surface area contributed by atoms with E-state index in [0.717, 1.165) is 57.8 Å². The average molecular weight is 364 g/mol. The number of rotatable bonds is 3. The van der Waals surface area contributed by atoms with Gasteiger partial charge in [-0.1, -0.05) is 30.3 Å². The van der Waals surface area contributed by atoms with E-state index in [2.05, 4.69) is 41.4 Å². The second kappa shape index (κ2) is 8.09. The molecule has 0 saturated carbocycles. The third-order valence-corrected chi connectivity index (χ3v) is 5.71. The molecule has 2 aromatic rings. The number of nitrogens with one attached hydrogen (secondary N) is 1. The molecule has 0 bridgehead atoms. The van der Waals surface area contributed by atoms with Crippen LogP contribution in [-0.2, 0) is 0 Å². The van der Waals surface area contributed by atoms with Crippen molar-refractivity contribution in [2.45, 2.75) is 32.2 Å². The lowest BCUT2D eigenvalue weighted by Crippen LogP contribution is -2.44. The molecule has 4 rings (SSSR count). The van der Waals surface area contributed by atoms with E-state index in [1.807, 2.05) is 23.1 Å². The number of hydrogen-bond acceptors (Lipinski definition) is 4. The third-order valence-electron chi connectivity index (χ3n) is 5.71. The highest BCUT2D eigenvalue weighted by atomic mass is 16.2. The number of aromatic nitrogens is 1. The molecular weight excluding hydrogens is 336 g/mol. The maximum absolute atomic E-state index is 13.4. The van der Waals surface area contributed by atoms with Gasteiger partial charge < -0.3 is 15.1 Å². The van der Waals surface area contributed by atoms with Gasteiger partial charge in [0.05, 0.1) is 6.04 Å². The standard InChI is InChI=1S/C22H28N4O/c1-17-7-2-3-8-18(17)20-10-4-5-14-26(20)22(27)19-9-6-11-21(24-19)25-15-12-23-13-16-25/h2-3,6-9,11,20,23H,4-5,10,12-16H2,1H3. The first-order valence-electron chi connectivity index (χ1n) is 10.0. The number of aryl methyl sites for hydroxylation is 1. The summed E-state index contributed by atoms with van der Waals surface area (Å²) in [7, 11) is 0. The van der Waals surface area contributed by atoms with E-state index < -0.39 is 0 Å². The monoisotopic (exact) mass is 364 g/mol. The predicted octanol–water partition coefficient (Wildman–Crippen LogP) is 3.17. The zero-order chi connectivity index (χ0) is 18.6. The number of benzene rings is 1. The Kier molecular flexibility index (Phi) is 5.39. The second-order valence-electron chi connectivity index (χ2n) is 7.48. The summed E-state index contributed by atoms with van der Waals surface area (Å²) in [5.74, 6) is 0.965. The van der Waals surface area contributed by atoms with Crippen LogP contribution in [0.25, 0.3) is 0 Å². The Bertz CT molecular complexity index is 800. The van der Waals surface area contributed by atoms with Crippen LogP contribution in [0.3, 0.4) is 0 Å². The van der Waals surface area contributed by atoms with Crippen molar-refractivity contribution in [2.24, 2.45) is 0 Å². The number of piperidine rings is 1. The fraction of sp³-hybridized carbons (Fsp3) is 0.455. The van der Waals surface area contributed by atoms with Gasteiger partial charge in [-0.3, -0.25) is 4.79 Å². The lowest BCUT2D eigenvalue weighted by atomic mass is 9.92. The number of carbonyl (C=O) groups is 1. The van der Waals surface area contributed by atoms with Gasteiger partial charge in [0, 0.05) is 32.7 Å². The van der Waals surface area contributed by atoms with Crippen LogP contribution < -0.4 is 10.2 Å². The zero-order valence-electron chi connectivity index (χ0n) is 16.0. The van der Waals surface area contributed by atoms with Crippen molar-refractivity contribution in [2.75, 3.05) is 37.6 Å². The first-order valence-corrected chi connectivity index (χ1v) is 10.0. The number of nitrogens with zero attached hydrogens (tertiary/aromatic N) is 3. The highest BCUT2D eigenvalue weighted by molar-refractivity contribution is 5.93. The van der Waals surface area contributed by atoms with Crippen LogP contribution in [0.4, 0.5) is 5.82 Å². The Morgan fingerprint density at radius 2 is 1.85 bits per heavy atom. The Morgan fingerprint density at radius 3 is 2.67 bits per heavy atom. The van der Waals surface area contributed by atoms with Crippen LogP contribution in [0, 0.1) is 6.92 Å². The fourth-order valence-electron chi connectivity index (χ4n) is 4.22. The van der Waals surface area contributed by atoms with Crippen LogP contribution >= 0.6 is 0 Å². The molecule has 5 heteroatoms. The van der Waals surface area contributed by atoms with E-state index in [-0.39, 0.29) is 11.9 Å². The minimum atomic E-state index is 0.0555. The topological polar surface area (TPSA) is 48.5 Å². The Balaban J connectivity index is 1.59. The molecule has 1 N–H and O–H groups in total. The van der Waals surface area contributed by atoms with Gasteiger partial charge in [0.25, 0.3) is 5.91 Å². The number of piperazine rings is 1. The summed E-state index contributed by atoms with van der Waals surface area (Å²) >= 11 is 0. The van der Waals surface area contributed by atoms with E-state index in [4.69, 9.17) is 4.98 Å². The molecule has 1 unspecified atom stereocenters.